The minimum Gasteiger partial charge on any atom is -0.502 e. The van der Waals surface area contributed by atoms with Crippen LogP contribution in [0.25, 0.3) is 0 Å². The number of rotatable bonds is 4. The number of amides is 1. The van der Waals surface area contributed by atoms with Crippen molar-refractivity contribution in [2.45, 2.75) is 0 Å². The molecule has 4 N–H and O–H groups in total. The molecule has 0 saturated heterocycles. The van der Waals surface area contributed by atoms with Gasteiger partial charge in [0.25, 0.3) is 5.91 Å². The molecule has 1 amide bonds. The zero-order chi connectivity index (χ0) is 17.0. The molecular weight excluding hydrogens is 324 g/mol. The summed E-state index contributed by atoms with van der Waals surface area (Å²) in [6.07, 6.45) is 1.06. The number of hydrazone groups is 1. The number of hydrogen-bond acceptors (Lipinski definition) is 6. The number of carbonyl (C=O) groups is 1. The van der Waals surface area contributed by atoms with Gasteiger partial charge in [-0.25, -0.2) is 5.43 Å². The van der Waals surface area contributed by atoms with E-state index >= 15 is 0 Å². The molecule has 0 unspecified atom stereocenters. The van der Waals surface area contributed by atoms with Crippen LogP contribution in [0.5, 0.6) is 5.75 Å². The number of nitrogens with two attached hydrogens (primary N) is 1. The highest BCUT2D eigenvalue weighted by Crippen LogP contribution is 2.32. The van der Waals surface area contributed by atoms with Crippen LogP contribution in [0.4, 0.5) is 11.4 Å². The Morgan fingerprint density at radius 2 is 2.00 bits per heavy atom. The maximum absolute atomic E-state index is 11.8. The normalized spacial score (nSPS) is 10.7. The smallest absolute Gasteiger partial charge is 0.312 e. The van der Waals surface area contributed by atoms with E-state index in [0.29, 0.717) is 11.3 Å². The standard InChI is InChI=1S/C14H11ClN4O4/c15-10-5-9(13(20)12(6-10)19(22)23)7-17-18-14(21)8-1-3-11(16)4-2-8/h1-7,20H,16H2,(H,18,21). The van der Waals surface area contributed by atoms with Crippen molar-refractivity contribution >= 4 is 35.1 Å². The van der Waals surface area contributed by atoms with Crippen molar-refractivity contribution in [3.63, 3.8) is 0 Å². The van der Waals surface area contributed by atoms with Gasteiger partial charge in [-0.15, -0.1) is 0 Å². The van der Waals surface area contributed by atoms with Gasteiger partial charge in [0, 0.05) is 27.9 Å². The van der Waals surface area contributed by atoms with Crippen molar-refractivity contribution < 1.29 is 14.8 Å². The largest absolute Gasteiger partial charge is 0.502 e. The summed E-state index contributed by atoms with van der Waals surface area (Å²) < 4.78 is 0. The molecule has 0 heterocycles. The number of nitrogens with zero attached hydrogens (tertiary/aromatic N) is 2. The second kappa shape index (κ2) is 6.75. The predicted octanol–water partition coefficient (Wildman–Crippen LogP) is 2.30. The van der Waals surface area contributed by atoms with Crippen molar-refractivity contribution in [3.8, 4) is 5.75 Å². The van der Waals surface area contributed by atoms with Crippen LogP contribution in [0, 0.1) is 10.1 Å². The number of anilines is 1. The van der Waals surface area contributed by atoms with Crippen molar-refractivity contribution in [2.75, 3.05) is 5.73 Å². The number of nitrogens with one attached hydrogen (secondary N) is 1. The van der Waals surface area contributed by atoms with Gasteiger partial charge < -0.3 is 10.8 Å². The molecule has 0 aliphatic rings. The number of hydrogen-bond donors (Lipinski definition) is 3. The van der Waals surface area contributed by atoms with Crippen molar-refractivity contribution in [1.29, 1.82) is 0 Å². The van der Waals surface area contributed by atoms with Crippen LogP contribution in [0.15, 0.2) is 41.5 Å². The summed E-state index contributed by atoms with van der Waals surface area (Å²) in [5.74, 6) is -1.10. The molecule has 2 aromatic rings. The minimum absolute atomic E-state index is 0.00167. The summed E-state index contributed by atoms with van der Waals surface area (Å²) >= 11 is 5.74. The Balaban J connectivity index is 2.16. The van der Waals surface area contributed by atoms with Gasteiger partial charge in [0.15, 0.2) is 0 Å². The SMILES string of the molecule is Nc1ccc(C(=O)NN=Cc2cc(Cl)cc([N+](=O)[O-])c2O)cc1. The number of nitro benzene ring substituents is 1. The molecule has 0 bridgehead atoms. The van der Waals surface area contributed by atoms with E-state index in [-0.39, 0.29) is 10.6 Å². The first-order chi connectivity index (χ1) is 10.9. The van der Waals surface area contributed by atoms with Gasteiger partial charge in [-0.2, -0.15) is 5.10 Å². The second-order valence-electron chi connectivity index (χ2n) is 4.44. The van der Waals surface area contributed by atoms with Gasteiger partial charge >= 0.3 is 5.69 Å². The Morgan fingerprint density at radius 3 is 2.61 bits per heavy atom. The highest BCUT2D eigenvalue weighted by molar-refractivity contribution is 6.31. The molecule has 0 atom stereocenters. The molecule has 0 aliphatic carbocycles. The van der Waals surface area contributed by atoms with E-state index in [4.69, 9.17) is 17.3 Å². The van der Waals surface area contributed by atoms with Crippen LogP contribution >= 0.6 is 11.6 Å². The lowest BCUT2D eigenvalue weighted by molar-refractivity contribution is -0.385. The van der Waals surface area contributed by atoms with E-state index in [9.17, 15) is 20.0 Å². The fraction of sp³-hybridized carbons (Fsp3) is 0. The first-order valence-corrected chi connectivity index (χ1v) is 6.62. The number of phenols is 1. The number of nitro groups is 1. The molecule has 0 aromatic heterocycles. The minimum atomic E-state index is -0.772. The highest BCUT2D eigenvalue weighted by atomic mass is 35.5. The molecule has 23 heavy (non-hydrogen) atoms. The molecule has 9 heteroatoms. The van der Waals surface area contributed by atoms with Crippen LogP contribution in [0.3, 0.4) is 0 Å². The summed E-state index contributed by atoms with van der Waals surface area (Å²) in [7, 11) is 0. The van der Waals surface area contributed by atoms with Crippen molar-refractivity contribution in [2.24, 2.45) is 5.10 Å². The van der Waals surface area contributed by atoms with Crippen molar-refractivity contribution in [3.05, 3.63) is 62.7 Å². The first kappa shape index (κ1) is 16.2. The Labute approximate surface area is 135 Å². The molecule has 0 saturated carbocycles. The predicted molar refractivity (Wildman–Crippen MR) is 85.7 cm³/mol. The lowest BCUT2D eigenvalue weighted by Crippen LogP contribution is -2.17. The van der Waals surface area contributed by atoms with Gasteiger partial charge in [0.2, 0.25) is 5.75 Å². The Hall–Kier alpha value is -3.13. The molecule has 8 nitrogen and oxygen atoms in total. The van der Waals surface area contributed by atoms with E-state index in [2.05, 4.69) is 10.5 Å². The summed E-state index contributed by atoms with van der Waals surface area (Å²) in [6, 6.07) is 8.45. The van der Waals surface area contributed by atoms with E-state index in [0.717, 1.165) is 12.3 Å². The van der Waals surface area contributed by atoms with Crippen molar-refractivity contribution in [1.82, 2.24) is 5.43 Å². The van der Waals surface area contributed by atoms with Crippen LogP contribution < -0.4 is 11.2 Å². The summed E-state index contributed by atoms with van der Waals surface area (Å²) in [6.45, 7) is 0. The fourth-order valence-corrected chi connectivity index (χ4v) is 1.92. The monoisotopic (exact) mass is 334 g/mol. The molecular formula is C14H11ClN4O4. The lowest BCUT2D eigenvalue weighted by atomic mass is 10.2. The number of benzene rings is 2. The fourth-order valence-electron chi connectivity index (χ4n) is 1.70. The van der Waals surface area contributed by atoms with Gasteiger partial charge in [-0.05, 0) is 30.3 Å². The van der Waals surface area contributed by atoms with E-state index in [1.54, 1.807) is 12.1 Å². The van der Waals surface area contributed by atoms with Gasteiger partial charge in [-0.1, -0.05) is 11.6 Å². The van der Waals surface area contributed by atoms with Crippen LogP contribution in [0.1, 0.15) is 15.9 Å². The maximum atomic E-state index is 11.8. The summed E-state index contributed by atoms with van der Waals surface area (Å²) in [5.41, 5.74) is 8.04. The number of halogens is 1. The third-order valence-electron chi connectivity index (χ3n) is 2.82. The molecule has 118 valence electrons. The topological polar surface area (TPSA) is 131 Å². The Bertz CT molecular complexity index is 790. The quantitative estimate of drug-likeness (QED) is 0.341. The summed E-state index contributed by atoms with van der Waals surface area (Å²) in [5, 5.41) is 24.3. The number of carbonyl (C=O) groups excluding carboxylic acids is 1. The molecule has 2 rings (SSSR count). The van der Waals surface area contributed by atoms with Gasteiger partial charge in [-0.3, -0.25) is 14.9 Å². The molecule has 2 aromatic carbocycles. The average Bonchev–Trinajstić information content (AvgIpc) is 2.50. The summed E-state index contributed by atoms with van der Waals surface area (Å²) in [4.78, 5) is 21.8. The van der Waals surface area contributed by atoms with Gasteiger partial charge in [0.05, 0.1) is 11.1 Å². The van der Waals surface area contributed by atoms with Crippen LogP contribution in [-0.4, -0.2) is 22.2 Å². The molecule has 0 radical (unpaired) electrons. The Kier molecular flexibility index (Phi) is 4.77. The molecule has 0 spiro atoms. The molecule has 0 fully saturated rings. The second-order valence-corrected chi connectivity index (χ2v) is 4.88. The number of phenolic OH excluding ortho intramolecular Hbond substituents is 1. The number of aromatic hydroxyl groups is 1. The average molecular weight is 335 g/mol. The highest BCUT2D eigenvalue weighted by Gasteiger charge is 2.17. The lowest BCUT2D eigenvalue weighted by Gasteiger charge is -2.02. The first-order valence-electron chi connectivity index (χ1n) is 6.24. The third kappa shape index (κ3) is 3.95. The maximum Gasteiger partial charge on any atom is 0.312 e. The van der Waals surface area contributed by atoms with E-state index < -0.39 is 22.3 Å². The van der Waals surface area contributed by atoms with E-state index in [1.165, 1.54) is 18.2 Å². The van der Waals surface area contributed by atoms with E-state index in [1.807, 2.05) is 0 Å². The van der Waals surface area contributed by atoms with Crippen LogP contribution in [-0.2, 0) is 0 Å². The third-order valence-corrected chi connectivity index (χ3v) is 3.04. The van der Waals surface area contributed by atoms with Gasteiger partial charge in [0.1, 0.15) is 0 Å². The zero-order valence-corrected chi connectivity index (χ0v) is 12.3. The molecule has 0 aliphatic heterocycles. The number of nitrogen functional groups attached to an aromatic ring is 1. The zero-order valence-electron chi connectivity index (χ0n) is 11.6. The Morgan fingerprint density at radius 1 is 1.35 bits per heavy atom. The van der Waals surface area contributed by atoms with Crippen LogP contribution in [0.2, 0.25) is 5.02 Å².